The van der Waals surface area contributed by atoms with Gasteiger partial charge < -0.3 is 15.8 Å². The van der Waals surface area contributed by atoms with Gasteiger partial charge in [0.05, 0.1) is 30.6 Å². The Labute approximate surface area is 111 Å². The van der Waals surface area contributed by atoms with Crippen molar-refractivity contribution in [3.63, 3.8) is 0 Å². The van der Waals surface area contributed by atoms with Gasteiger partial charge in [0.15, 0.2) is 0 Å². The Morgan fingerprint density at radius 3 is 2.84 bits per heavy atom. The second kappa shape index (κ2) is 6.39. The van der Waals surface area contributed by atoms with Gasteiger partial charge in [-0.2, -0.15) is 0 Å². The molecule has 5 nitrogen and oxygen atoms in total. The largest absolute Gasteiger partial charge is 0.491 e. The van der Waals surface area contributed by atoms with E-state index in [2.05, 4.69) is 10.3 Å². The van der Waals surface area contributed by atoms with Crippen LogP contribution in [0.4, 0.5) is 11.4 Å². The molecule has 0 saturated carbocycles. The number of ether oxygens (including phenoxy) is 1. The number of carbonyl (C=O) groups excluding carboxylic acids is 1. The summed E-state index contributed by atoms with van der Waals surface area (Å²) in [6.07, 6.45) is 3.49. The lowest BCUT2D eigenvalue weighted by Crippen LogP contribution is -2.15. The smallest absolute Gasteiger partial charge is 0.227 e. The Hall–Kier alpha value is -2.56. The molecular weight excluding hydrogens is 242 g/mol. The van der Waals surface area contributed by atoms with E-state index < -0.39 is 0 Å². The molecule has 1 amide bonds. The molecule has 19 heavy (non-hydrogen) atoms. The Kier molecular flexibility index (Phi) is 4.34. The van der Waals surface area contributed by atoms with Gasteiger partial charge in [-0.15, -0.1) is 0 Å². The highest BCUT2D eigenvalue weighted by Gasteiger charge is 2.04. The van der Waals surface area contributed by atoms with Crippen molar-refractivity contribution < 1.29 is 9.53 Å². The van der Waals surface area contributed by atoms with E-state index in [1.165, 1.54) is 0 Å². The van der Waals surface area contributed by atoms with Gasteiger partial charge in [-0.1, -0.05) is 12.1 Å². The highest BCUT2D eigenvalue weighted by molar-refractivity contribution is 5.90. The summed E-state index contributed by atoms with van der Waals surface area (Å²) in [5, 5.41) is 2.73. The number of nitrogens with zero attached hydrogens (tertiary/aromatic N) is 1. The number of hydrogen-bond donors (Lipinski definition) is 2. The molecule has 1 aromatic carbocycles. The Morgan fingerprint density at radius 1 is 1.26 bits per heavy atom. The summed E-state index contributed by atoms with van der Waals surface area (Å²) in [6, 6.07) is 10.7. The lowest BCUT2D eigenvalue weighted by atomic mass is 10.3. The standard InChI is InChI=1S/C14H15N3O2/c15-12-5-1-2-6-13(12)19-9-7-14(18)17-11-4-3-8-16-10-11/h1-6,8,10H,7,9,15H2,(H,17,18). The minimum atomic E-state index is -0.123. The lowest BCUT2D eigenvalue weighted by Gasteiger charge is -2.08. The fourth-order valence-electron chi connectivity index (χ4n) is 1.53. The van der Waals surface area contributed by atoms with Gasteiger partial charge in [0.25, 0.3) is 0 Å². The van der Waals surface area contributed by atoms with E-state index >= 15 is 0 Å². The summed E-state index contributed by atoms with van der Waals surface area (Å²) in [5.74, 6) is 0.471. The van der Waals surface area contributed by atoms with Crippen molar-refractivity contribution in [1.29, 1.82) is 0 Å². The van der Waals surface area contributed by atoms with Crippen molar-refractivity contribution in [2.45, 2.75) is 6.42 Å². The zero-order valence-electron chi connectivity index (χ0n) is 10.4. The molecule has 5 heteroatoms. The van der Waals surface area contributed by atoms with E-state index in [1.807, 2.05) is 12.1 Å². The van der Waals surface area contributed by atoms with Crippen LogP contribution in [0, 0.1) is 0 Å². The number of nitrogen functional groups attached to an aromatic ring is 1. The topological polar surface area (TPSA) is 77.2 Å². The Bertz CT molecular complexity index is 543. The second-order valence-corrected chi connectivity index (χ2v) is 3.93. The van der Waals surface area contributed by atoms with E-state index in [4.69, 9.17) is 10.5 Å². The van der Waals surface area contributed by atoms with E-state index in [0.29, 0.717) is 17.1 Å². The number of rotatable bonds is 5. The van der Waals surface area contributed by atoms with Crippen LogP contribution in [-0.2, 0) is 4.79 Å². The quantitative estimate of drug-likeness (QED) is 0.804. The van der Waals surface area contributed by atoms with Crippen LogP contribution in [0.25, 0.3) is 0 Å². The molecule has 98 valence electrons. The van der Waals surface area contributed by atoms with Crippen molar-refractivity contribution in [1.82, 2.24) is 4.98 Å². The summed E-state index contributed by atoms with van der Waals surface area (Å²) in [7, 11) is 0. The number of para-hydroxylation sites is 2. The Morgan fingerprint density at radius 2 is 2.11 bits per heavy atom. The molecule has 1 aromatic heterocycles. The highest BCUT2D eigenvalue weighted by Crippen LogP contribution is 2.19. The number of anilines is 2. The minimum absolute atomic E-state index is 0.123. The van der Waals surface area contributed by atoms with Crippen LogP contribution in [-0.4, -0.2) is 17.5 Å². The highest BCUT2D eigenvalue weighted by atomic mass is 16.5. The molecule has 3 N–H and O–H groups in total. The first kappa shape index (κ1) is 12.9. The fourth-order valence-corrected chi connectivity index (χ4v) is 1.53. The molecule has 0 aliphatic rings. The predicted octanol–water partition coefficient (Wildman–Crippen LogP) is 2.07. The molecular formula is C14H15N3O2. The molecule has 0 fully saturated rings. The van der Waals surface area contributed by atoms with Gasteiger partial charge in [-0.25, -0.2) is 0 Å². The van der Waals surface area contributed by atoms with Gasteiger partial charge in [0.1, 0.15) is 5.75 Å². The number of nitrogens with one attached hydrogen (secondary N) is 1. The van der Waals surface area contributed by atoms with E-state index in [-0.39, 0.29) is 18.9 Å². The van der Waals surface area contributed by atoms with Crippen LogP contribution in [0.1, 0.15) is 6.42 Å². The molecule has 0 aliphatic carbocycles. The van der Waals surface area contributed by atoms with Crippen molar-refractivity contribution in [3.8, 4) is 5.75 Å². The van der Waals surface area contributed by atoms with Crippen LogP contribution in [0.5, 0.6) is 5.75 Å². The van der Waals surface area contributed by atoms with Gasteiger partial charge >= 0.3 is 0 Å². The summed E-state index contributed by atoms with van der Waals surface area (Å²) < 4.78 is 5.44. The van der Waals surface area contributed by atoms with Crippen molar-refractivity contribution in [2.24, 2.45) is 0 Å². The number of nitrogens with two attached hydrogens (primary N) is 1. The van der Waals surface area contributed by atoms with Gasteiger partial charge in [-0.3, -0.25) is 9.78 Å². The maximum atomic E-state index is 11.6. The molecule has 0 bridgehead atoms. The van der Waals surface area contributed by atoms with Crippen LogP contribution < -0.4 is 15.8 Å². The predicted molar refractivity (Wildman–Crippen MR) is 73.8 cm³/mol. The number of benzene rings is 1. The number of aromatic nitrogens is 1. The first-order valence-electron chi connectivity index (χ1n) is 5.93. The third-order valence-electron chi connectivity index (χ3n) is 2.45. The van der Waals surface area contributed by atoms with E-state index in [1.54, 1.807) is 36.7 Å². The molecule has 0 spiro atoms. The molecule has 0 unspecified atom stereocenters. The van der Waals surface area contributed by atoms with Gasteiger partial charge in [0, 0.05) is 6.20 Å². The molecule has 0 atom stereocenters. The molecule has 0 aliphatic heterocycles. The van der Waals surface area contributed by atoms with E-state index in [0.717, 1.165) is 0 Å². The SMILES string of the molecule is Nc1ccccc1OCCC(=O)Nc1cccnc1. The second-order valence-electron chi connectivity index (χ2n) is 3.93. The first-order chi connectivity index (χ1) is 9.25. The average Bonchev–Trinajstić information content (AvgIpc) is 2.42. The third-order valence-corrected chi connectivity index (χ3v) is 2.45. The first-order valence-corrected chi connectivity index (χ1v) is 5.93. The molecule has 0 radical (unpaired) electrons. The summed E-state index contributed by atoms with van der Waals surface area (Å²) in [6.45, 7) is 0.278. The lowest BCUT2D eigenvalue weighted by molar-refractivity contribution is -0.116. The normalized spacial score (nSPS) is 9.89. The summed E-state index contributed by atoms with van der Waals surface area (Å²) in [4.78, 5) is 15.6. The zero-order chi connectivity index (χ0) is 13.5. The maximum Gasteiger partial charge on any atom is 0.227 e. The number of carbonyl (C=O) groups is 1. The molecule has 2 aromatic rings. The average molecular weight is 257 g/mol. The molecule has 0 saturated heterocycles. The third kappa shape index (κ3) is 3.99. The molecule has 1 heterocycles. The zero-order valence-corrected chi connectivity index (χ0v) is 10.4. The molecule has 2 rings (SSSR count). The van der Waals surface area contributed by atoms with Gasteiger partial charge in [0.2, 0.25) is 5.91 Å². The van der Waals surface area contributed by atoms with Crippen molar-refractivity contribution >= 4 is 17.3 Å². The fraction of sp³-hybridized carbons (Fsp3) is 0.143. The number of hydrogen-bond acceptors (Lipinski definition) is 4. The van der Waals surface area contributed by atoms with Crippen LogP contribution in [0.3, 0.4) is 0 Å². The van der Waals surface area contributed by atoms with Crippen molar-refractivity contribution in [2.75, 3.05) is 17.7 Å². The summed E-state index contributed by atoms with van der Waals surface area (Å²) in [5.41, 5.74) is 6.97. The maximum absolute atomic E-state index is 11.6. The Balaban J connectivity index is 1.77. The summed E-state index contributed by atoms with van der Waals surface area (Å²) >= 11 is 0. The number of amides is 1. The van der Waals surface area contributed by atoms with Crippen molar-refractivity contribution in [3.05, 3.63) is 48.8 Å². The minimum Gasteiger partial charge on any atom is -0.491 e. The van der Waals surface area contributed by atoms with E-state index in [9.17, 15) is 4.79 Å². The monoisotopic (exact) mass is 257 g/mol. The van der Waals surface area contributed by atoms with Gasteiger partial charge in [-0.05, 0) is 24.3 Å². The van der Waals surface area contributed by atoms with Crippen LogP contribution in [0.15, 0.2) is 48.8 Å². The number of pyridine rings is 1. The van der Waals surface area contributed by atoms with Crippen LogP contribution >= 0.6 is 0 Å². The van der Waals surface area contributed by atoms with Crippen LogP contribution in [0.2, 0.25) is 0 Å².